The Morgan fingerprint density at radius 2 is 2.05 bits per heavy atom. The summed E-state index contributed by atoms with van der Waals surface area (Å²) in [6.45, 7) is 0.969. The molecular weight excluding hydrogens is 272 g/mol. The van der Waals surface area contributed by atoms with E-state index in [-0.39, 0.29) is 12.1 Å². The number of hydrogen-bond acceptors (Lipinski definition) is 3. The summed E-state index contributed by atoms with van der Waals surface area (Å²) in [6.07, 6.45) is -0.108. The number of nitrogens with one attached hydrogen (secondary N) is 2. The molecule has 0 fully saturated rings. The molecule has 2 N–H and O–H groups in total. The number of urea groups is 1. The molecular formula is C15H18N2O2S. The van der Waals surface area contributed by atoms with Crippen LogP contribution in [0.1, 0.15) is 17.2 Å². The maximum Gasteiger partial charge on any atom is 0.315 e. The second-order valence-electron chi connectivity index (χ2n) is 4.33. The van der Waals surface area contributed by atoms with Crippen LogP contribution in [0.15, 0.2) is 47.2 Å². The van der Waals surface area contributed by atoms with Gasteiger partial charge in [0, 0.05) is 20.2 Å². The number of ether oxygens (including phenoxy) is 1. The second-order valence-corrected chi connectivity index (χ2v) is 5.11. The molecule has 0 aliphatic carbocycles. The molecule has 0 bridgehead atoms. The zero-order chi connectivity index (χ0) is 14.2. The highest BCUT2D eigenvalue weighted by Gasteiger charge is 2.12. The van der Waals surface area contributed by atoms with E-state index in [0.29, 0.717) is 13.1 Å². The topological polar surface area (TPSA) is 50.4 Å². The monoisotopic (exact) mass is 290 g/mol. The molecule has 2 aromatic rings. The third kappa shape index (κ3) is 4.36. The standard InChI is InChI=1S/C15H18N2O2S/c1-19-14(13-7-8-20-11-13)10-17-15(18)16-9-12-5-3-2-4-6-12/h2-8,11,14H,9-10H2,1H3,(H2,16,17,18). The van der Waals surface area contributed by atoms with Gasteiger partial charge in [-0.3, -0.25) is 0 Å². The number of rotatable bonds is 6. The van der Waals surface area contributed by atoms with Gasteiger partial charge in [-0.1, -0.05) is 30.3 Å². The lowest BCUT2D eigenvalue weighted by molar-refractivity contribution is 0.104. The number of methoxy groups -OCH3 is 1. The number of carbonyl (C=O) groups is 1. The van der Waals surface area contributed by atoms with E-state index in [9.17, 15) is 4.79 Å². The lowest BCUT2D eigenvalue weighted by Gasteiger charge is -2.15. The van der Waals surface area contributed by atoms with Crippen LogP contribution in [-0.4, -0.2) is 19.7 Å². The van der Waals surface area contributed by atoms with Crippen molar-refractivity contribution < 1.29 is 9.53 Å². The quantitative estimate of drug-likeness (QED) is 0.859. The molecule has 1 unspecified atom stereocenters. The molecule has 1 heterocycles. The molecule has 4 nitrogen and oxygen atoms in total. The Morgan fingerprint density at radius 1 is 1.25 bits per heavy atom. The van der Waals surface area contributed by atoms with Crippen molar-refractivity contribution >= 4 is 17.4 Å². The summed E-state index contributed by atoms with van der Waals surface area (Å²) in [5.41, 5.74) is 2.16. The zero-order valence-electron chi connectivity index (χ0n) is 11.3. The minimum Gasteiger partial charge on any atom is -0.375 e. The minimum atomic E-state index is -0.189. The van der Waals surface area contributed by atoms with E-state index in [2.05, 4.69) is 10.6 Å². The molecule has 0 radical (unpaired) electrons. The first-order valence-electron chi connectivity index (χ1n) is 6.40. The van der Waals surface area contributed by atoms with Crippen molar-refractivity contribution in [3.63, 3.8) is 0 Å². The smallest absolute Gasteiger partial charge is 0.315 e. The molecule has 0 aliphatic heterocycles. The number of amides is 2. The Labute approximate surface area is 122 Å². The van der Waals surface area contributed by atoms with Crippen molar-refractivity contribution in [2.45, 2.75) is 12.6 Å². The second kappa shape index (κ2) is 7.67. The third-order valence-corrected chi connectivity index (χ3v) is 3.64. The van der Waals surface area contributed by atoms with Gasteiger partial charge in [0.15, 0.2) is 0 Å². The molecule has 2 rings (SSSR count). The van der Waals surface area contributed by atoms with E-state index < -0.39 is 0 Å². The van der Waals surface area contributed by atoms with E-state index in [1.165, 1.54) is 0 Å². The van der Waals surface area contributed by atoms with Crippen molar-refractivity contribution in [1.29, 1.82) is 0 Å². The number of hydrogen-bond donors (Lipinski definition) is 2. The summed E-state index contributed by atoms with van der Waals surface area (Å²) >= 11 is 1.62. The largest absolute Gasteiger partial charge is 0.375 e. The van der Waals surface area contributed by atoms with Gasteiger partial charge in [-0.05, 0) is 28.0 Å². The molecule has 5 heteroatoms. The minimum absolute atomic E-state index is 0.108. The maximum absolute atomic E-state index is 11.7. The van der Waals surface area contributed by atoms with Crippen molar-refractivity contribution in [1.82, 2.24) is 10.6 Å². The van der Waals surface area contributed by atoms with Crippen molar-refractivity contribution in [2.75, 3.05) is 13.7 Å². The zero-order valence-corrected chi connectivity index (χ0v) is 12.2. The van der Waals surface area contributed by atoms with E-state index in [0.717, 1.165) is 11.1 Å². The van der Waals surface area contributed by atoms with Gasteiger partial charge in [0.05, 0.1) is 0 Å². The summed E-state index contributed by atoms with van der Waals surface area (Å²) in [7, 11) is 1.64. The lowest BCUT2D eigenvalue weighted by atomic mass is 10.2. The molecule has 0 spiro atoms. The lowest BCUT2D eigenvalue weighted by Crippen LogP contribution is -2.37. The fraction of sp³-hybridized carbons (Fsp3) is 0.267. The van der Waals surface area contributed by atoms with Gasteiger partial charge in [-0.25, -0.2) is 4.79 Å². The summed E-state index contributed by atoms with van der Waals surface area (Å²) in [6, 6.07) is 11.6. The van der Waals surface area contributed by atoms with Gasteiger partial charge in [0.1, 0.15) is 6.10 Å². The molecule has 0 aliphatic rings. The van der Waals surface area contributed by atoms with Gasteiger partial charge >= 0.3 is 6.03 Å². The molecule has 1 aromatic heterocycles. The number of carbonyl (C=O) groups excluding carboxylic acids is 1. The number of benzene rings is 1. The fourth-order valence-electron chi connectivity index (χ4n) is 1.82. The van der Waals surface area contributed by atoms with Crippen LogP contribution in [0.4, 0.5) is 4.79 Å². The van der Waals surface area contributed by atoms with Crippen molar-refractivity contribution in [2.24, 2.45) is 0 Å². The van der Waals surface area contributed by atoms with E-state index in [1.807, 2.05) is 47.2 Å². The highest BCUT2D eigenvalue weighted by molar-refractivity contribution is 7.07. The first-order chi connectivity index (χ1) is 9.79. The molecule has 1 atom stereocenters. The van der Waals surface area contributed by atoms with E-state index in [4.69, 9.17) is 4.74 Å². The number of thiophene rings is 1. The molecule has 20 heavy (non-hydrogen) atoms. The molecule has 0 saturated heterocycles. The van der Waals surface area contributed by atoms with Gasteiger partial charge in [-0.15, -0.1) is 0 Å². The van der Waals surface area contributed by atoms with E-state index >= 15 is 0 Å². The van der Waals surface area contributed by atoms with Crippen LogP contribution >= 0.6 is 11.3 Å². The predicted molar refractivity (Wildman–Crippen MR) is 80.7 cm³/mol. The SMILES string of the molecule is COC(CNC(=O)NCc1ccccc1)c1ccsc1. The summed E-state index contributed by atoms with van der Waals surface area (Å²) in [5.74, 6) is 0. The Balaban J connectivity index is 1.74. The van der Waals surface area contributed by atoms with Crippen LogP contribution in [-0.2, 0) is 11.3 Å². The Kier molecular flexibility index (Phi) is 5.58. The highest BCUT2D eigenvalue weighted by atomic mass is 32.1. The third-order valence-electron chi connectivity index (χ3n) is 2.94. The van der Waals surface area contributed by atoms with Gasteiger partial charge < -0.3 is 15.4 Å². The predicted octanol–water partition coefficient (Wildman–Crippen LogP) is 2.94. The van der Waals surface area contributed by atoms with Crippen molar-refractivity contribution in [3.8, 4) is 0 Å². The van der Waals surface area contributed by atoms with Crippen LogP contribution in [0.3, 0.4) is 0 Å². The van der Waals surface area contributed by atoms with Crippen LogP contribution in [0.2, 0.25) is 0 Å². The van der Waals surface area contributed by atoms with E-state index in [1.54, 1.807) is 18.4 Å². The van der Waals surface area contributed by atoms with Crippen LogP contribution in [0, 0.1) is 0 Å². The average Bonchev–Trinajstić information content (AvgIpc) is 3.01. The maximum atomic E-state index is 11.7. The van der Waals surface area contributed by atoms with Crippen molar-refractivity contribution in [3.05, 3.63) is 58.3 Å². The molecule has 1 aromatic carbocycles. The first-order valence-corrected chi connectivity index (χ1v) is 7.34. The first kappa shape index (κ1) is 14.6. The van der Waals surface area contributed by atoms with Gasteiger partial charge in [0.25, 0.3) is 0 Å². The summed E-state index contributed by atoms with van der Waals surface area (Å²) in [4.78, 5) is 11.7. The molecule has 106 valence electrons. The summed E-state index contributed by atoms with van der Waals surface area (Å²) < 4.78 is 5.37. The van der Waals surface area contributed by atoms with Gasteiger partial charge in [-0.2, -0.15) is 11.3 Å². The average molecular weight is 290 g/mol. The van der Waals surface area contributed by atoms with Crippen LogP contribution in [0.5, 0.6) is 0 Å². The van der Waals surface area contributed by atoms with Crippen LogP contribution < -0.4 is 10.6 Å². The van der Waals surface area contributed by atoms with Crippen LogP contribution in [0.25, 0.3) is 0 Å². The molecule has 0 saturated carbocycles. The van der Waals surface area contributed by atoms with Gasteiger partial charge in [0.2, 0.25) is 0 Å². The summed E-state index contributed by atoms with van der Waals surface area (Å²) in [5, 5.41) is 9.66. The Hall–Kier alpha value is -1.85. The molecule has 2 amide bonds. The highest BCUT2D eigenvalue weighted by Crippen LogP contribution is 2.18. The fourth-order valence-corrected chi connectivity index (χ4v) is 2.52. The normalized spacial score (nSPS) is 11.8. The Morgan fingerprint density at radius 3 is 2.70 bits per heavy atom. The Bertz CT molecular complexity index is 514.